The van der Waals surface area contributed by atoms with Gasteiger partial charge in [0.05, 0.1) is 6.10 Å². The van der Waals surface area contributed by atoms with E-state index in [4.69, 9.17) is 5.73 Å². The molecule has 4 N–H and O–H groups in total. The van der Waals surface area contributed by atoms with Gasteiger partial charge in [0.25, 0.3) is 0 Å². The summed E-state index contributed by atoms with van der Waals surface area (Å²) < 4.78 is 0. The minimum atomic E-state index is -0.342. The molecule has 4 heteroatoms. The van der Waals surface area contributed by atoms with E-state index in [1.54, 1.807) is 0 Å². The van der Waals surface area contributed by atoms with Crippen LogP contribution in [0.2, 0.25) is 0 Å². The zero-order valence-corrected chi connectivity index (χ0v) is 21.9. The van der Waals surface area contributed by atoms with Crippen LogP contribution in [-0.4, -0.2) is 29.7 Å². The molecular formula is C28H58N2O2. The molecule has 0 radical (unpaired) electrons. The number of nitrogens with two attached hydrogens (primary N) is 1. The van der Waals surface area contributed by atoms with Crippen LogP contribution in [0, 0.1) is 0 Å². The van der Waals surface area contributed by atoms with Crippen molar-refractivity contribution in [2.24, 2.45) is 5.73 Å². The molecule has 1 amide bonds. The van der Waals surface area contributed by atoms with Crippen LogP contribution in [0.4, 0.5) is 0 Å². The van der Waals surface area contributed by atoms with Crippen LogP contribution in [0.1, 0.15) is 155 Å². The van der Waals surface area contributed by atoms with Gasteiger partial charge in [0.15, 0.2) is 0 Å². The van der Waals surface area contributed by atoms with Crippen LogP contribution in [-0.2, 0) is 4.79 Å². The average molecular weight is 455 g/mol. The Labute approximate surface area is 200 Å². The lowest BCUT2D eigenvalue weighted by Crippen LogP contribution is -2.34. The van der Waals surface area contributed by atoms with Crippen molar-refractivity contribution in [1.82, 2.24) is 5.32 Å². The number of rotatable bonds is 25. The predicted molar refractivity (Wildman–Crippen MR) is 140 cm³/mol. The van der Waals surface area contributed by atoms with Gasteiger partial charge in [-0.05, 0) is 25.7 Å². The van der Waals surface area contributed by atoms with E-state index in [1.807, 2.05) is 0 Å². The van der Waals surface area contributed by atoms with Crippen LogP contribution in [0.5, 0.6) is 0 Å². The summed E-state index contributed by atoms with van der Waals surface area (Å²) in [5, 5.41) is 13.3. The van der Waals surface area contributed by atoms with Crippen molar-refractivity contribution < 1.29 is 9.90 Å². The summed E-state index contributed by atoms with van der Waals surface area (Å²) in [5.74, 6) is 0.216. The van der Waals surface area contributed by atoms with Crippen LogP contribution in [0.25, 0.3) is 0 Å². The molecule has 0 spiro atoms. The maximum atomic E-state index is 11.9. The van der Waals surface area contributed by atoms with Gasteiger partial charge in [-0.2, -0.15) is 0 Å². The molecule has 0 aromatic carbocycles. The van der Waals surface area contributed by atoms with Crippen LogP contribution in [0.15, 0.2) is 0 Å². The number of carbonyl (C=O) groups is 1. The predicted octanol–water partition coefficient (Wildman–Crippen LogP) is 7.41. The molecule has 0 aromatic heterocycles. The smallest absolute Gasteiger partial charge is 0.219 e. The van der Waals surface area contributed by atoms with Crippen molar-refractivity contribution in [3.05, 3.63) is 0 Å². The number of hydrogen-bond acceptors (Lipinski definition) is 3. The highest BCUT2D eigenvalue weighted by molar-refractivity contribution is 5.75. The lowest BCUT2D eigenvalue weighted by Gasteiger charge is -2.18. The second-order valence-corrected chi connectivity index (χ2v) is 9.92. The molecule has 0 heterocycles. The van der Waals surface area contributed by atoms with E-state index in [0.717, 1.165) is 64.3 Å². The highest BCUT2D eigenvalue weighted by Gasteiger charge is 2.13. The summed E-state index contributed by atoms with van der Waals surface area (Å²) in [7, 11) is 0. The third kappa shape index (κ3) is 22.6. The topological polar surface area (TPSA) is 75.4 Å². The number of aliphatic hydroxyl groups excluding tert-OH is 1. The Morgan fingerprint density at radius 1 is 0.656 bits per heavy atom. The van der Waals surface area contributed by atoms with E-state index in [0.29, 0.717) is 6.42 Å². The van der Waals surface area contributed by atoms with Crippen LogP contribution < -0.4 is 11.1 Å². The second-order valence-electron chi connectivity index (χ2n) is 9.92. The van der Waals surface area contributed by atoms with Crippen molar-refractivity contribution in [3.63, 3.8) is 0 Å². The lowest BCUT2D eigenvalue weighted by atomic mass is 9.98. The van der Waals surface area contributed by atoms with Crippen molar-refractivity contribution >= 4 is 5.91 Å². The zero-order valence-electron chi connectivity index (χ0n) is 21.9. The summed E-state index contributed by atoms with van der Waals surface area (Å²) in [4.78, 5) is 11.9. The number of amides is 1. The summed E-state index contributed by atoms with van der Waals surface area (Å²) in [5.41, 5.74) is 6.16. The summed E-state index contributed by atoms with van der Waals surface area (Å²) >= 11 is 0. The van der Waals surface area contributed by atoms with Gasteiger partial charge < -0.3 is 16.2 Å². The number of nitrogens with one attached hydrogen (secondary N) is 1. The minimum Gasteiger partial charge on any atom is -0.392 e. The Morgan fingerprint density at radius 2 is 1.09 bits per heavy atom. The Bertz CT molecular complexity index is 390. The number of unbranched alkanes of at least 4 members (excludes halogenated alkanes) is 16. The summed E-state index contributed by atoms with van der Waals surface area (Å²) in [6.45, 7) is 5.33. The molecule has 32 heavy (non-hydrogen) atoms. The maximum absolute atomic E-state index is 11.9. The van der Waals surface area contributed by atoms with E-state index in [1.165, 1.54) is 77.0 Å². The van der Waals surface area contributed by atoms with Crippen molar-refractivity contribution in [2.75, 3.05) is 6.54 Å². The number of aliphatic hydroxyl groups is 1. The molecule has 0 aliphatic heterocycles. The van der Waals surface area contributed by atoms with Crippen LogP contribution in [0.3, 0.4) is 0 Å². The SMILES string of the molecule is CCCCCCCCCCNC(=O)CCCCCCCC(N)C(O)CCCCCCCC. The fourth-order valence-corrected chi connectivity index (χ4v) is 4.31. The molecule has 0 saturated heterocycles. The van der Waals surface area contributed by atoms with E-state index in [-0.39, 0.29) is 18.1 Å². The Kier molecular flexibility index (Phi) is 24.5. The molecule has 2 unspecified atom stereocenters. The second kappa shape index (κ2) is 25.0. The summed E-state index contributed by atoms with van der Waals surface area (Å²) in [6, 6.07) is -0.0761. The van der Waals surface area contributed by atoms with E-state index < -0.39 is 0 Å². The van der Waals surface area contributed by atoms with Gasteiger partial charge in [-0.3, -0.25) is 4.79 Å². The normalized spacial score (nSPS) is 13.2. The van der Waals surface area contributed by atoms with Crippen molar-refractivity contribution in [3.8, 4) is 0 Å². The molecule has 2 atom stereocenters. The minimum absolute atomic E-state index is 0.0761. The first kappa shape index (κ1) is 31.4. The Morgan fingerprint density at radius 3 is 1.66 bits per heavy atom. The number of carbonyl (C=O) groups excluding carboxylic acids is 1. The van der Waals surface area contributed by atoms with Gasteiger partial charge in [-0.25, -0.2) is 0 Å². The summed E-state index contributed by atoms with van der Waals surface area (Å²) in [6.07, 6.45) is 25.5. The van der Waals surface area contributed by atoms with Gasteiger partial charge in [0, 0.05) is 19.0 Å². The third-order valence-corrected chi connectivity index (χ3v) is 6.64. The first-order valence-electron chi connectivity index (χ1n) is 14.3. The first-order chi connectivity index (χ1) is 15.6. The standard InChI is InChI=1S/C28H58N2O2/c1-3-5-7-9-11-12-17-21-25-30-28(32)24-20-16-13-14-18-22-26(29)27(31)23-19-15-10-8-6-4-2/h26-27,31H,3-25,29H2,1-2H3,(H,30,32). The highest BCUT2D eigenvalue weighted by atomic mass is 16.3. The van der Waals surface area contributed by atoms with Crippen LogP contribution >= 0.6 is 0 Å². The molecule has 0 fully saturated rings. The van der Waals surface area contributed by atoms with E-state index in [9.17, 15) is 9.90 Å². The fraction of sp³-hybridized carbons (Fsp3) is 0.964. The van der Waals surface area contributed by atoms with Gasteiger partial charge in [0.2, 0.25) is 5.91 Å². The van der Waals surface area contributed by atoms with Crippen molar-refractivity contribution in [1.29, 1.82) is 0 Å². The fourth-order valence-electron chi connectivity index (χ4n) is 4.31. The molecule has 0 aromatic rings. The van der Waals surface area contributed by atoms with E-state index in [2.05, 4.69) is 19.2 Å². The van der Waals surface area contributed by atoms with Gasteiger partial charge in [0.1, 0.15) is 0 Å². The molecule has 0 aliphatic rings. The third-order valence-electron chi connectivity index (χ3n) is 6.64. The molecule has 0 saturated carbocycles. The van der Waals surface area contributed by atoms with E-state index >= 15 is 0 Å². The van der Waals surface area contributed by atoms with Gasteiger partial charge in [-0.1, -0.05) is 123 Å². The molecular weight excluding hydrogens is 396 g/mol. The zero-order chi connectivity index (χ0) is 23.7. The maximum Gasteiger partial charge on any atom is 0.219 e. The molecule has 192 valence electrons. The average Bonchev–Trinajstić information content (AvgIpc) is 2.79. The highest BCUT2D eigenvalue weighted by Crippen LogP contribution is 2.14. The Balaban J connectivity index is 3.38. The largest absolute Gasteiger partial charge is 0.392 e. The van der Waals surface area contributed by atoms with Crippen molar-refractivity contribution in [2.45, 2.75) is 167 Å². The van der Waals surface area contributed by atoms with Gasteiger partial charge >= 0.3 is 0 Å². The molecule has 0 bridgehead atoms. The molecule has 0 rings (SSSR count). The quantitative estimate of drug-likeness (QED) is 0.126. The molecule has 4 nitrogen and oxygen atoms in total. The lowest BCUT2D eigenvalue weighted by molar-refractivity contribution is -0.121. The Hall–Kier alpha value is -0.610. The first-order valence-corrected chi connectivity index (χ1v) is 14.3. The number of hydrogen-bond donors (Lipinski definition) is 3. The van der Waals surface area contributed by atoms with Gasteiger partial charge in [-0.15, -0.1) is 0 Å². The molecule has 0 aliphatic carbocycles. The monoisotopic (exact) mass is 454 g/mol.